The summed E-state index contributed by atoms with van der Waals surface area (Å²) in [5.41, 5.74) is 2.43. The third-order valence-electron chi connectivity index (χ3n) is 5.08. The monoisotopic (exact) mass is 367 g/mol. The van der Waals surface area contributed by atoms with Crippen LogP contribution < -0.4 is 4.90 Å². The molecule has 0 spiro atoms. The van der Waals surface area contributed by atoms with Crippen LogP contribution in [0.15, 0.2) is 52.9 Å². The van der Waals surface area contributed by atoms with Gasteiger partial charge >= 0.3 is 0 Å². The van der Waals surface area contributed by atoms with Gasteiger partial charge in [0.05, 0.1) is 0 Å². The molecule has 1 aliphatic heterocycles. The van der Waals surface area contributed by atoms with Crippen molar-refractivity contribution in [1.82, 2.24) is 9.88 Å². The molecule has 3 aromatic rings. The Balaban J connectivity index is 1.36. The number of piperidine rings is 1. The Morgan fingerprint density at radius 1 is 1.22 bits per heavy atom. The van der Waals surface area contributed by atoms with E-state index in [0.717, 1.165) is 42.6 Å². The van der Waals surface area contributed by atoms with Crippen molar-refractivity contribution >= 4 is 23.0 Å². The normalized spacial score (nSPS) is 15.3. The van der Waals surface area contributed by atoms with E-state index in [1.807, 2.05) is 30.3 Å². The first-order chi connectivity index (χ1) is 13.1. The van der Waals surface area contributed by atoms with Crippen molar-refractivity contribution in [3.8, 4) is 0 Å². The molecule has 140 valence electrons. The summed E-state index contributed by atoms with van der Waals surface area (Å²) in [7, 11) is 1.78. The molecule has 0 aliphatic carbocycles. The van der Waals surface area contributed by atoms with E-state index >= 15 is 0 Å². The van der Waals surface area contributed by atoms with E-state index in [0.29, 0.717) is 12.6 Å². The number of hydrogen-bond donors (Lipinski definition) is 0. The Morgan fingerprint density at radius 2 is 2.00 bits per heavy atom. The van der Waals surface area contributed by atoms with E-state index in [4.69, 9.17) is 4.42 Å². The molecule has 6 heteroatoms. The number of carbonyl (C=O) groups is 1. The number of nitrogens with zero attached hydrogens (tertiary/aromatic N) is 3. The summed E-state index contributed by atoms with van der Waals surface area (Å²) in [6.45, 7) is 1.88. The van der Waals surface area contributed by atoms with Crippen LogP contribution in [0.25, 0.3) is 11.1 Å². The van der Waals surface area contributed by atoms with E-state index < -0.39 is 0 Å². The number of fused-ring (bicyclic) bond motifs is 1. The second-order valence-electron chi connectivity index (χ2n) is 7.05. The molecule has 1 aliphatic rings. The van der Waals surface area contributed by atoms with E-state index in [1.165, 1.54) is 12.1 Å². The molecular weight excluding hydrogens is 345 g/mol. The molecule has 5 nitrogen and oxygen atoms in total. The van der Waals surface area contributed by atoms with Gasteiger partial charge in [-0.25, -0.2) is 4.39 Å². The second-order valence-corrected chi connectivity index (χ2v) is 7.05. The maximum absolute atomic E-state index is 13.3. The van der Waals surface area contributed by atoms with Gasteiger partial charge in [-0.15, -0.1) is 0 Å². The number of anilines is 1. The van der Waals surface area contributed by atoms with Gasteiger partial charge in [0.25, 0.3) is 6.01 Å². The quantitative estimate of drug-likeness (QED) is 0.703. The van der Waals surface area contributed by atoms with E-state index in [2.05, 4.69) is 9.88 Å². The first-order valence-corrected chi connectivity index (χ1v) is 9.20. The number of carbonyl (C=O) groups excluding carboxylic acids is 1. The molecule has 0 unspecified atom stereocenters. The van der Waals surface area contributed by atoms with Gasteiger partial charge in [-0.05, 0) is 42.7 Å². The summed E-state index contributed by atoms with van der Waals surface area (Å²) in [4.78, 5) is 21.1. The van der Waals surface area contributed by atoms with Crippen LogP contribution in [0.1, 0.15) is 18.4 Å². The smallest absolute Gasteiger partial charge is 0.298 e. The molecule has 2 heterocycles. The molecular formula is C21H22FN3O2. The zero-order valence-corrected chi connectivity index (χ0v) is 15.3. The summed E-state index contributed by atoms with van der Waals surface area (Å²) in [5, 5.41) is 0. The fraction of sp³-hybridized carbons (Fsp3) is 0.333. The zero-order valence-electron chi connectivity index (χ0n) is 15.3. The topological polar surface area (TPSA) is 49.6 Å². The molecule has 0 saturated carbocycles. The molecule has 1 fully saturated rings. The highest BCUT2D eigenvalue weighted by atomic mass is 19.1. The second kappa shape index (κ2) is 7.39. The maximum Gasteiger partial charge on any atom is 0.298 e. The number of benzene rings is 2. The lowest BCUT2D eigenvalue weighted by atomic mass is 9.95. The van der Waals surface area contributed by atoms with Gasteiger partial charge in [0.1, 0.15) is 11.3 Å². The van der Waals surface area contributed by atoms with Crippen LogP contribution in [0.4, 0.5) is 10.4 Å². The van der Waals surface area contributed by atoms with Gasteiger partial charge in [-0.3, -0.25) is 4.79 Å². The minimum atomic E-state index is -0.278. The van der Waals surface area contributed by atoms with Crippen molar-refractivity contribution in [3.05, 3.63) is 59.9 Å². The fourth-order valence-corrected chi connectivity index (χ4v) is 3.61. The van der Waals surface area contributed by atoms with Gasteiger partial charge in [0.2, 0.25) is 5.91 Å². The number of amides is 1. The van der Waals surface area contributed by atoms with E-state index in [9.17, 15) is 9.18 Å². The van der Waals surface area contributed by atoms with Crippen LogP contribution in [0.3, 0.4) is 0 Å². The Bertz CT molecular complexity index is 914. The van der Waals surface area contributed by atoms with Crippen molar-refractivity contribution < 1.29 is 13.6 Å². The van der Waals surface area contributed by atoms with Gasteiger partial charge in [0, 0.05) is 32.6 Å². The van der Waals surface area contributed by atoms with Crippen molar-refractivity contribution in [2.45, 2.75) is 19.4 Å². The van der Waals surface area contributed by atoms with Crippen LogP contribution in [-0.2, 0) is 11.3 Å². The highest BCUT2D eigenvalue weighted by Gasteiger charge is 2.29. The van der Waals surface area contributed by atoms with Crippen molar-refractivity contribution in [3.63, 3.8) is 0 Å². The molecule has 0 atom stereocenters. The first kappa shape index (κ1) is 17.5. The maximum atomic E-state index is 13.3. The molecule has 1 saturated heterocycles. The van der Waals surface area contributed by atoms with Gasteiger partial charge in [-0.1, -0.05) is 24.3 Å². The van der Waals surface area contributed by atoms with Crippen LogP contribution in [-0.4, -0.2) is 35.9 Å². The minimum absolute atomic E-state index is 0.0239. The largest absolute Gasteiger partial charge is 0.423 e. The number of para-hydroxylation sites is 2. The Hall–Kier alpha value is -2.89. The third kappa shape index (κ3) is 3.79. The average Bonchev–Trinajstić information content (AvgIpc) is 3.12. The third-order valence-corrected chi connectivity index (χ3v) is 5.08. The lowest BCUT2D eigenvalue weighted by Crippen LogP contribution is -2.41. The molecule has 1 amide bonds. The fourth-order valence-electron chi connectivity index (χ4n) is 3.61. The van der Waals surface area contributed by atoms with Crippen LogP contribution in [0.2, 0.25) is 0 Å². The minimum Gasteiger partial charge on any atom is -0.423 e. The molecule has 0 radical (unpaired) electrons. The summed E-state index contributed by atoms with van der Waals surface area (Å²) >= 11 is 0. The zero-order chi connectivity index (χ0) is 18.8. The Kier molecular flexibility index (Phi) is 4.79. The van der Waals surface area contributed by atoms with Crippen molar-refractivity contribution in [2.24, 2.45) is 5.92 Å². The summed E-state index contributed by atoms with van der Waals surface area (Å²) in [5.74, 6) is -0.194. The summed E-state index contributed by atoms with van der Waals surface area (Å²) < 4.78 is 19.2. The number of halogens is 1. The van der Waals surface area contributed by atoms with E-state index in [1.54, 1.807) is 18.0 Å². The van der Waals surface area contributed by atoms with E-state index in [-0.39, 0.29) is 17.6 Å². The lowest BCUT2D eigenvalue weighted by molar-refractivity contribution is -0.135. The van der Waals surface area contributed by atoms with Gasteiger partial charge in [-0.2, -0.15) is 4.98 Å². The standard InChI is InChI=1S/C21H22FN3O2/c1-24(14-15-5-4-6-17(22)13-15)20(26)16-9-11-25(12-10-16)21-23-18-7-2-3-8-19(18)27-21/h2-8,13,16H,9-12,14H2,1H3. The number of oxazole rings is 1. The first-order valence-electron chi connectivity index (χ1n) is 9.20. The van der Waals surface area contributed by atoms with Crippen LogP contribution in [0.5, 0.6) is 0 Å². The molecule has 0 N–H and O–H groups in total. The summed E-state index contributed by atoms with van der Waals surface area (Å²) in [6, 6.07) is 14.7. The molecule has 1 aromatic heterocycles. The lowest BCUT2D eigenvalue weighted by Gasteiger charge is -2.32. The van der Waals surface area contributed by atoms with Gasteiger partial charge < -0.3 is 14.2 Å². The highest BCUT2D eigenvalue weighted by Crippen LogP contribution is 2.27. The van der Waals surface area contributed by atoms with Crippen molar-refractivity contribution in [2.75, 3.05) is 25.0 Å². The molecule has 2 aromatic carbocycles. The molecule has 27 heavy (non-hydrogen) atoms. The highest BCUT2D eigenvalue weighted by molar-refractivity contribution is 5.79. The predicted molar refractivity (Wildman–Crippen MR) is 102 cm³/mol. The predicted octanol–water partition coefficient (Wildman–Crippen LogP) is 3.84. The number of rotatable bonds is 4. The summed E-state index contributed by atoms with van der Waals surface area (Å²) in [6.07, 6.45) is 1.51. The SMILES string of the molecule is CN(Cc1cccc(F)c1)C(=O)C1CCN(c2nc3ccccc3o2)CC1. The van der Waals surface area contributed by atoms with Crippen LogP contribution in [0, 0.1) is 11.7 Å². The number of aromatic nitrogens is 1. The Morgan fingerprint density at radius 3 is 2.74 bits per heavy atom. The van der Waals surface area contributed by atoms with Gasteiger partial charge in [0.15, 0.2) is 5.58 Å². The Labute approximate surface area is 157 Å². The number of hydrogen-bond acceptors (Lipinski definition) is 4. The molecule has 0 bridgehead atoms. The average molecular weight is 367 g/mol. The van der Waals surface area contributed by atoms with Crippen LogP contribution >= 0.6 is 0 Å². The van der Waals surface area contributed by atoms with Crippen molar-refractivity contribution in [1.29, 1.82) is 0 Å². The molecule has 4 rings (SSSR count).